The molecule has 0 radical (unpaired) electrons. The van der Waals surface area contributed by atoms with E-state index in [1.165, 1.54) is 23.1 Å². The van der Waals surface area contributed by atoms with Gasteiger partial charge in [-0.25, -0.2) is 8.42 Å². The van der Waals surface area contributed by atoms with Crippen LogP contribution in [0.1, 0.15) is 17.3 Å². The number of rotatable bonds is 7. The first-order valence-corrected chi connectivity index (χ1v) is 11.1. The Balaban J connectivity index is 1.87. The molecule has 3 aromatic rings. The quantitative estimate of drug-likeness (QED) is 0.567. The molecule has 0 fully saturated rings. The Bertz CT molecular complexity index is 1130. The van der Waals surface area contributed by atoms with E-state index in [2.05, 4.69) is 4.72 Å². The molecule has 0 bridgehead atoms. The lowest BCUT2D eigenvalue weighted by molar-refractivity contribution is 0.0993. The van der Waals surface area contributed by atoms with Crippen molar-refractivity contribution in [2.75, 3.05) is 23.3 Å². The molecule has 8 heteroatoms. The molecule has 1 N–H and O–H groups in total. The number of para-hydroxylation sites is 1. The van der Waals surface area contributed by atoms with Gasteiger partial charge in [-0.05, 0) is 61.5 Å². The van der Waals surface area contributed by atoms with Crippen molar-refractivity contribution < 1.29 is 17.9 Å². The van der Waals surface area contributed by atoms with Crippen molar-refractivity contribution in [2.24, 2.45) is 0 Å². The Labute approximate surface area is 181 Å². The molecule has 0 atom stereocenters. The highest BCUT2D eigenvalue weighted by atomic mass is 35.5. The van der Waals surface area contributed by atoms with E-state index in [9.17, 15) is 13.2 Å². The van der Waals surface area contributed by atoms with Crippen molar-refractivity contribution in [3.8, 4) is 5.75 Å². The molecule has 30 heavy (non-hydrogen) atoms. The third kappa shape index (κ3) is 4.93. The van der Waals surface area contributed by atoms with Crippen LogP contribution in [0.15, 0.2) is 77.7 Å². The number of carbonyl (C=O) groups excluding carboxylic acids is 1. The average Bonchev–Trinajstić information content (AvgIpc) is 2.75. The monoisotopic (exact) mass is 444 g/mol. The molecule has 0 unspecified atom stereocenters. The SMILES string of the molecule is CCOc1ccc(NS(=O)(=O)c2ccc(Cl)c(C(=O)N(C)c3ccccc3)c2)cc1. The molecular weight excluding hydrogens is 424 g/mol. The van der Waals surface area contributed by atoms with Crippen LogP contribution in [0.4, 0.5) is 11.4 Å². The van der Waals surface area contributed by atoms with Crippen LogP contribution in [-0.2, 0) is 10.0 Å². The van der Waals surface area contributed by atoms with Gasteiger partial charge in [0.1, 0.15) is 5.75 Å². The van der Waals surface area contributed by atoms with Gasteiger partial charge in [-0.1, -0.05) is 29.8 Å². The molecular formula is C22H21ClN2O4S. The van der Waals surface area contributed by atoms with Crippen molar-refractivity contribution in [3.05, 3.63) is 83.4 Å². The molecule has 0 aliphatic carbocycles. The molecule has 3 rings (SSSR count). The summed E-state index contributed by atoms with van der Waals surface area (Å²) >= 11 is 6.20. The first-order chi connectivity index (χ1) is 14.3. The lowest BCUT2D eigenvalue weighted by atomic mass is 10.2. The molecule has 0 heterocycles. The number of sulfonamides is 1. The van der Waals surface area contributed by atoms with Gasteiger partial charge in [0.2, 0.25) is 0 Å². The zero-order valence-corrected chi connectivity index (χ0v) is 18.1. The van der Waals surface area contributed by atoms with Crippen LogP contribution in [0.3, 0.4) is 0 Å². The number of nitrogens with one attached hydrogen (secondary N) is 1. The van der Waals surface area contributed by atoms with Crippen molar-refractivity contribution in [1.29, 1.82) is 0 Å². The summed E-state index contributed by atoms with van der Waals surface area (Å²) in [5, 5.41) is 0.169. The third-order valence-corrected chi connectivity index (χ3v) is 6.05. The summed E-state index contributed by atoms with van der Waals surface area (Å²) in [4.78, 5) is 14.3. The summed E-state index contributed by atoms with van der Waals surface area (Å²) in [5.74, 6) is 0.230. The average molecular weight is 445 g/mol. The number of hydrogen-bond acceptors (Lipinski definition) is 4. The molecule has 1 amide bonds. The maximum Gasteiger partial charge on any atom is 0.261 e. The number of anilines is 2. The van der Waals surface area contributed by atoms with Crippen LogP contribution in [0.25, 0.3) is 0 Å². The fraction of sp³-hybridized carbons (Fsp3) is 0.136. The molecule has 0 saturated heterocycles. The normalized spacial score (nSPS) is 11.0. The fourth-order valence-corrected chi connectivity index (χ4v) is 4.07. The Morgan fingerprint density at radius 2 is 1.70 bits per heavy atom. The largest absolute Gasteiger partial charge is 0.494 e. The summed E-state index contributed by atoms with van der Waals surface area (Å²) in [6, 6.07) is 19.6. The van der Waals surface area contributed by atoms with Gasteiger partial charge < -0.3 is 9.64 Å². The summed E-state index contributed by atoms with van der Waals surface area (Å²) in [7, 11) is -2.32. The van der Waals surface area contributed by atoms with E-state index in [0.29, 0.717) is 23.7 Å². The van der Waals surface area contributed by atoms with E-state index < -0.39 is 15.9 Å². The Morgan fingerprint density at radius 3 is 2.33 bits per heavy atom. The third-order valence-electron chi connectivity index (χ3n) is 4.34. The van der Waals surface area contributed by atoms with Crippen LogP contribution >= 0.6 is 11.6 Å². The minimum absolute atomic E-state index is 0.0643. The molecule has 6 nitrogen and oxygen atoms in total. The van der Waals surface area contributed by atoms with Crippen LogP contribution in [0, 0.1) is 0 Å². The molecule has 0 saturated carbocycles. The van der Waals surface area contributed by atoms with E-state index in [-0.39, 0.29) is 15.5 Å². The van der Waals surface area contributed by atoms with Gasteiger partial charge in [0.05, 0.1) is 22.1 Å². The Hall–Kier alpha value is -3.03. The zero-order chi connectivity index (χ0) is 21.7. The van der Waals surface area contributed by atoms with E-state index >= 15 is 0 Å². The van der Waals surface area contributed by atoms with E-state index in [1.54, 1.807) is 43.4 Å². The summed E-state index contributed by atoms with van der Waals surface area (Å²) in [5.41, 5.74) is 1.14. The summed E-state index contributed by atoms with van der Waals surface area (Å²) in [6.07, 6.45) is 0. The number of ether oxygens (including phenoxy) is 1. The van der Waals surface area contributed by atoms with Crippen LogP contribution < -0.4 is 14.4 Å². The molecule has 0 spiro atoms. The lowest BCUT2D eigenvalue weighted by Gasteiger charge is -2.18. The van der Waals surface area contributed by atoms with E-state index in [0.717, 1.165) is 0 Å². The molecule has 3 aromatic carbocycles. The fourth-order valence-electron chi connectivity index (χ4n) is 2.78. The minimum atomic E-state index is -3.92. The second kappa shape index (κ2) is 9.19. The predicted molar refractivity (Wildman–Crippen MR) is 119 cm³/mol. The predicted octanol–water partition coefficient (Wildman–Crippen LogP) is 4.82. The highest BCUT2D eigenvalue weighted by molar-refractivity contribution is 7.92. The number of nitrogens with zero attached hydrogens (tertiary/aromatic N) is 1. The van der Waals surface area contributed by atoms with Gasteiger partial charge in [0, 0.05) is 18.4 Å². The topological polar surface area (TPSA) is 75.7 Å². The van der Waals surface area contributed by atoms with Gasteiger partial charge in [0.25, 0.3) is 15.9 Å². The number of carbonyl (C=O) groups is 1. The lowest BCUT2D eigenvalue weighted by Crippen LogP contribution is -2.26. The van der Waals surface area contributed by atoms with Crippen molar-refractivity contribution >= 4 is 38.9 Å². The van der Waals surface area contributed by atoms with Gasteiger partial charge in [-0.2, -0.15) is 0 Å². The zero-order valence-electron chi connectivity index (χ0n) is 16.5. The van der Waals surface area contributed by atoms with E-state index in [1.807, 2.05) is 25.1 Å². The molecule has 0 aliphatic rings. The minimum Gasteiger partial charge on any atom is -0.494 e. The van der Waals surface area contributed by atoms with Crippen molar-refractivity contribution in [1.82, 2.24) is 0 Å². The number of benzene rings is 3. The summed E-state index contributed by atoms with van der Waals surface area (Å²) in [6.45, 7) is 2.38. The second-order valence-electron chi connectivity index (χ2n) is 6.40. The molecule has 156 valence electrons. The van der Waals surface area contributed by atoms with E-state index in [4.69, 9.17) is 16.3 Å². The van der Waals surface area contributed by atoms with Crippen LogP contribution in [-0.4, -0.2) is 28.0 Å². The first-order valence-electron chi connectivity index (χ1n) is 9.20. The van der Waals surface area contributed by atoms with Gasteiger partial charge in [0.15, 0.2) is 0 Å². The van der Waals surface area contributed by atoms with Gasteiger partial charge >= 0.3 is 0 Å². The molecule has 0 aromatic heterocycles. The van der Waals surface area contributed by atoms with Crippen LogP contribution in [0.5, 0.6) is 5.75 Å². The Kier molecular flexibility index (Phi) is 6.64. The van der Waals surface area contributed by atoms with Gasteiger partial charge in [-0.3, -0.25) is 9.52 Å². The number of hydrogen-bond donors (Lipinski definition) is 1. The van der Waals surface area contributed by atoms with Crippen molar-refractivity contribution in [3.63, 3.8) is 0 Å². The maximum absolute atomic E-state index is 12.9. The van der Waals surface area contributed by atoms with Crippen molar-refractivity contribution in [2.45, 2.75) is 11.8 Å². The van der Waals surface area contributed by atoms with Gasteiger partial charge in [-0.15, -0.1) is 0 Å². The number of amides is 1. The second-order valence-corrected chi connectivity index (χ2v) is 8.49. The highest BCUT2D eigenvalue weighted by Crippen LogP contribution is 2.26. The Morgan fingerprint density at radius 1 is 1.03 bits per heavy atom. The smallest absolute Gasteiger partial charge is 0.261 e. The molecule has 0 aliphatic heterocycles. The van der Waals surface area contributed by atoms with Crippen LogP contribution in [0.2, 0.25) is 5.02 Å². The first kappa shape index (κ1) is 21.7. The number of halogens is 1. The maximum atomic E-state index is 12.9. The summed E-state index contributed by atoms with van der Waals surface area (Å²) < 4.78 is 33.5. The standard InChI is InChI=1S/C22H21ClN2O4S/c1-3-29-18-11-9-16(10-12-18)24-30(27,28)19-13-14-21(23)20(15-19)22(26)25(2)17-7-5-4-6-8-17/h4-15,24H,3H2,1-2H3. The highest BCUT2D eigenvalue weighted by Gasteiger charge is 2.21.